The van der Waals surface area contributed by atoms with E-state index in [2.05, 4.69) is 0 Å². The summed E-state index contributed by atoms with van der Waals surface area (Å²) in [6.45, 7) is 0.363. The zero-order valence-electron chi connectivity index (χ0n) is 11.2. The molecule has 1 aliphatic rings. The van der Waals surface area contributed by atoms with Crippen LogP contribution in [0.4, 0.5) is 4.39 Å². The van der Waals surface area contributed by atoms with Crippen LogP contribution in [0.1, 0.15) is 12.0 Å². The van der Waals surface area contributed by atoms with E-state index in [0.29, 0.717) is 18.5 Å². The largest absolute Gasteiger partial charge is 0.394 e. The normalized spacial score (nSPS) is 22.3. The van der Waals surface area contributed by atoms with Crippen LogP contribution in [-0.2, 0) is 16.0 Å². The molecule has 0 bridgehead atoms. The molecule has 0 aliphatic carbocycles. The van der Waals surface area contributed by atoms with Crippen molar-refractivity contribution in [2.75, 3.05) is 20.3 Å². The minimum Gasteiger partial charge on any atom is -0.394 e. The highest BCUT2D eigenvalue weighted by molar-refractivity contribution is 6.31. The molecule has 1 aromatic rings. The van der Waals surface area contributed by atoms with E-state index < -0.39 is 5.82 Å². The van der Waals surface area contributed by atoms with Gasteiger partial charge < -0.3 is 14.7 Å². The van der Waals surface area contributed by atoms with Crippen LogP contribution >= 0.6 is 11.6 Å². The van der Waals surface area contributed by atoms with Gasteiger partial charge in [0.15, 0.2) is 0 Å². The van der Waals surface area contributed by atoms with Crippen molar-refractivity contribution in [1.82, 2.24) is 4.90 Å². The second-order valence-electron chi connectivity index (χ2n) is 4.89. The Hall–Kier alpha value is -1.17. The third-order valence-corrected chi connectivity index (χ3v) is 3.95. The minimum atomic E-state index is -0.431. The van der Waals surface area contributed by atoms with Crippen LogP contribution in [0.3, 0.4) is 0 Å². The number of carbonyl (C=O) groups excluding carboxylic acids is 1. The summed E-state index contributed by atoms with van der Waals surface area (Å²) >= 11 is 5.92. The Morgan fingerprint density at radius 1 is 1.60 bits per heavy atom. The Morgan fingerprint density at radius 3 is 2.95 bits per heavy atom. The maximum Gasteiger partial charge on any atom is 0.227 e. The van der Waals surface area contributed by atoms with E-state index in [1.165, 1.54) is 18.2 Å². The number of amides is 1. The highest BCUT2D eigenvalue weighted by Gasteiger charge is 2.34. The van der Waals surface area contributed by atoms with E-state index in [-0.39, 0.29) is 36.1 Å². The van der Waals surface area contributed by atoms with Gasteiger partial charge in [0.1, 0.15) is 5.82 Å². The molecule has 2 rings (SSSR count). The highest BCUT2D eigenvalue weighted by atomic mass is 35.5. The molecule has 0 saturated carbocycles. The van der Waals surface area contributed by atoms with Crippen molar-refractivity contribution in [2.45, 2.75) is 25.0 Å². The number of nitrogens with zero attached hydrogens (tertiary/aromatic N) is 1. The summed E-state index contributed by atoms with van der Waals surface area (Å²) in [5, 5.41) is 9.57. The quantitative estimate of drug-likeness (QED) is 0.919. The standard InChI is InChI=1S/C14H17ClFNO3/c1-20-12-6-11(8-18)17(7-12)14(19)4-9-2-3-10(16)5-13(9)15/h2-3,5,11-12,18H,4,6-8H2,1H3/t11-,12+/m0/s1. The second-order valence-corrected chi connectivity index (χ2v) is 5.30. The first kappa shape index (κ1) is 15.2. The van der Waals surface area contributed by atoms with Crippen LogP contribution in [0.15, 0.2) is 18.2 Å². The number of aliphatic hydroxyl groups is 1. The fourth-order valence-corrected chi connectivity index (χ4v) is 2.69. The minimum absolute atomic E-state index is 0.0558. The smallest absolute Gasteiger partial charge is 0.227 e. The first-order valence-corrected chi connectivity index (χ1v) is 6.80. The lowest BCUT2D eigenvalue weighted by Gasteiger charge is -2.23. The van der Waals surface area contributed by atoms with Crippen LogP contribution in [0.5, 0.6) is 0 Å². The zero-order valence-corrected chi connectivity index (χ0v) is 11.9. The van der Waals surface area contributed by atoms with Gasteiger partial charge in [0.05, 0.1) is 25.2 Å². The van der Waals surface area contributed by atoms with Crippen LogP contribution in [0.25, 0.3) is 0 Å². The van der Waals surface area contributed by atoms with Gasteiger partial charge in [-0.3, -0.25) is 4.79 Å². The monoisotopic (exact) mass is 301 g/mol. The highest BCUT2D eigenvalue weighted by Crippen LogP contribution is 2.23. The van der Waals surface area contributed by atoms with Gasteiger partial charge in [-0.2, -0.15) is 0 Å². The van der Waals surface area contributed by atoms with E-state index in [1.54, 1.807) is 12.0 Å². The SMILES string of the molecule is CO[C@@H]1C[C@@H](CO)N(C(=O)Cc2ccc(F)cc2Cl)C1. The van der Waals surface area contributed by atoms with Crippen LogP contribution < -0.4 is 0 Å². The van der Waals surface area contributed by atoms with E-state index >= 15 is 0 Å². The maximum absolute atomic E-state index is 13.0. The van der Waals surface area contributed by atoms with Gasteiger partial charge in [-0.15, -0.1) is 0 Å². The van der Waals surface area contributed by atoms with Crippen LogP contribution in [-0.4, -0.2) is 48.3 Å². The number of likely N-dealkylation sites (tertiary alicyclic amines) is 1. The van der Waals surface area contributed by atoms with Gasteiger partial charge in [-0.1, -0.05) is 17.7 Å². The van der Waals surface area contributed by atoms with E-state index in [1.807, 2.05) is 0 Å². The molecule has 2 atom stereocenters. The van der Waals surface area contributed by atoms with Crippen molar-refractivity contribution in [1.29, 1.82) is 0 Å². The van der Waals surface area contributed by atoms with Crippen molar-refractivity contribution in [3.63, 3.8) is 0 Å². The zero-order chi connectivity index (χ0) is 14.7. The summed E-state index contributed by atoms with van der Waals surface area (Å²) in [4.78, 5) is 13.9. The average molecular weight is 302 g/mol. The molecule has 1 aliphatic heterocycles. The number of halogens is 2. The number of rotatable bonds is 4. The molecule has 0 aromatic heterocycles. The number of hydrogen-bond acceptors (Lipinski definition) is 3. The summed E-state index contributed by atoms with van der Waals surface area (Å²) in [6, 6.07) is 3.75. The summed E-state index contributed by atoms with van der Waals surface area (Å²) in [6.07, 6.45) is 0.655. The molecule has 20 heavy (non-hydrogen) atoms. The molecular formula is C14H17ClFNO3. The fraction of sp³-hybridized carbons (Fsp3) is 0.500. The Morgan fingerprint density at radius 2 is 2.35 bits per heavy atom. The molecular weight excluding hydrogens is 285 g/mol. The molecule has 1 fully saturated rings. The molecule has 6 heteroatoms. The van der Waals surface area contributed by atoms with Crippen LogP contribution in [0.2, 0.25) is 5.02 Å². The molecule has 4 nitrogen and oxygen atoms in total. The molecule has 1 heterocycles. The maximum atomic E-state index is 13.0. The second kappa shape index (κ2) is 6.52. The lowest BCUT2D eigenvalue weighted by molar-refractivity contribution is -0.132. The summed E-state index contributed by atoms with van der Waals surface area (Å²) in [5.41, 5.74) is 0.579. The predicted octanol–water partition coefficient (Wildman–Crippen LogP) is 1.63. The predicted molar refractivity (Wildman–Crippen MR) is 73.1 cm³/mol. The summed E-state index contributed by atoms with van der Waals surface area (Å²) < 4.78 is 18.2. The molecule has 110 valence electrons. The third kappa shape index (κ3) is 3.29. The first-order valence-electron chi connectivity index (χ1n) is 6.42. The molecule has 1 aromatic carbocycles. The number of benzene rings is 1. The fourth-order valence-electron chi connectivity index (χ4n) is 2.45. The number of carbonyl (C=O) groups is 1. The Balaban J connectivity index is 2.07. The third-order valence-electron chi connectivity index (χ3n) is 3.60. The molecule has 0 radical (unpaired) electrons. The van der Waals surface area contributed by atoms with Crippen molar-refractivity contribution in [3.05, 3.63) is 34.6 Å². The van der Waals surface area contributed by atoms with Crippen molar-refractivity contribution in [3.8, 4) is 0 Å². The van der Waals surface area contributed by atoms with Crippen LogP contribution in [0, 0.1) is 5.82 Å². The van der Waals surface area contributed by atoms with E-state index in [4.69, 9.17) is 16.3 Å². The average Bonchev–Trinajstić information content (AvgIpc) is 2.85. The molecule has 1 amide bonds. The molecule has 0 unspecified atom stereocenters. The van der Waals surface area contributed by atoms with Crippen molar-refractivity contribution >= 4 is 17.5 Å². The van der Waals surface area contributed by atoms with E-state index in [9.17, 15) is 14.3 Å². The van der Waals surface area contributed by atoms with Crippen molar-refractivity contribution in [2.24, 2.45) is 0 Å². The van der Waals surface area contributed by atoms with Gasteiger partial charge in [0, 0.05) is 18.7 Å². The van der Waals surface area contributed by atoms with Gasteiger partial charge >= 0.3 is 0 Å². The lowest BCUT2D eigenvalue weighted by Crippen LogP contribution is -2.39. The number of ether oxygens (including phenoxy) is 1. The van der Waals surface area contributed by atoms with Gasteiger partial charge in [-0.05, 0) is 24.1 Å². The summed E-state index contributed by atoms with van der Waals surface area (Å²) in [7, 11) is 1.59. The van der Waals surface area contributed by atoms with Gasteiger partial charge in [-0.25, -0.2) is 4.39 Å². The summed E-state index contributed by atoms with van der Waals surface area (Å²) in [5.74, 6) is -0.572. The Labute approximate surface area is 122 Å². The molecule has 1 saturated heterocycles. The molecule has 0 spiro atoms. The first-order chi connectivity index (χ1) is 9.55. The van der Waals surface area contributed by atoms with Gasteiger partial charge in [0.2, 0.25) is 5.91 Å². The lowest BCUT2D eigenvalue weighted by atomic mass is 10.1. The Bertz CT molecular complexity index is 497. The van der Waals surface area contributed by atoms with E-state index in [0.717, 1.165) is 0 Å². The number of aliphatic hydroxyl groups excluding tert-OH is 1. The Kier molecular flexibility index (Phi) is 4.96. The number of hydrogen-bond donors (Lipinski definition) is 1. The topological polar surface area (TPSA) is 49.8 Å². The van der Waals surface area contributed by atoms with Crippen molar-refractivity contribution < 1.29 is 19.0 Å². The molecule has 1 N–H and O–H groups in total. The van der Waals surface area contributed by atoms with Gasteiger partial charge in [0.25, 0.3) is 0 Å². The number of methoxy groups -OCH3 is 1.